The first-order valence-electron chi connectivity index (χ1n) is 10.3. The zero-order valence-electron chi connectivity index (χ0n) is 18.1. The highest BCUT2D eigenvalue weighted by Gasteiger charge is 2.21. The van der Waals surface area contributed by atoms with Gasteiger partial charge in [-0.3, -0.25) is 10.2 Å². The predicted octanol–water partition coefficient (Wildman–Crippen LogP) is 4.29. The summed E-state index contributed by atoms with van der Waals surface area (Å²) in [6, 6.07) is 22.7. The monoisotopic (exact) mass is 439 g/mol. The normalized spacial score (nSPS) is 10.8. The molecule has 2 heterocycles. The molecule has 0 fully saturated rings. The molecule has 0 saturated carbocycles. The maximum Gasteiger partial charge on any atom is 0.291 e. The zero-order chi connectivity index (χ0) is 22.8. The molecule has 0 unspecified atom stereocenters. The minimum Gasteiger partial charge on any atom is -0.493 e. The van der Waals surface area contributed by atoms with Crippen LogP contribution in [0.4, 0.5) is 0 Å². The van der Waals surface area contributed by atoms with Crippen LogP contribution in [0.3, 0.4) is 0 Å². The average molecular weight is 439 g/mol. The molecule has 164 valence electrons. The van der Waals surface area contributed by atoms with E-state index in [9.17, 15) is 4.79 Å². The molecule has 0 aliphatic heterocycles. The van der Waals surface area contributed by atoms with E-state index in [0.29, 0.717) is 17.1 Å². The number of carbonyl (C=O) groups is 1. The highest BCUT2D eigenvalue weighted by atomic mass is 16.5. The number of benzene rings is 3. The van der Waals surface area contributed by atoms with Crippen LogP contribution in [0.1, 0.15) is 10.5 Å². The van der Waals surface area contributed by atoms with Gasteiger partial charge >= 0.3 is 0 Å². The summed E-state index contributed by atoms with van der Waals surface area (Å²) >= 11 is 0. The van der Waals surface area contributed by atoms with Crippen LogP contribution in [0.5, 0.6) is 11.5 Å². The van der Waals surface area contributed by atoms with Crippen molar-refractivity contribution in [1.29, 1.82) is 0 Å². The maximum absolute atomic E-state index is 13.4. The van der Waals surface area contributed by atoms with Gasteiger partial charge in [-0.1, -0.05) is 36.4 Å². The molecule has 5 rings (SSSR count). The summed E-state index contributed by atoms with van der Waals surface area (Å²) in [5.41, 5.74) is 7.00. The minimum absolute atomic E-state index is 0.267. The summed E-state index contributed by atoms with van der Waals surface area (Å²) < 4.78 is 14.1. The van der Waals surface area contributed by atoms with Crippen molar-refractivity contribution in [2.75, 3.05) is 19.6 Å². The first-order valence-corrected chi connectivity index (χ1v) is 10.3. The van der Waals surface area contributed by atoms with Crippen LogP contribution in [-0.2, 0) is 0 Å². The molecule has 0 spiro atoms. The highest BCUT2D eigenvalue weighted by molar-refractivity contribution is 6.04. The largest absolute Gasteiger partial charge is 0.493 e. The summed E-state index contributed by atoms with van der Waals surface area (Å²) in [7, 11) is 3.16. The van der Waals surface area contributed by atoms with Gasteiger partial charge in [0.15, 0.2) is 17.2 Å². The lowest BCUT2D eigenvalue weighted by Gasteiger charge is -2.10. The van der Waals surface area contributed by atoms with Crippen molar-refractivity contribution in [3.8, 4) is 28.3 Å². The number of hydrogen-bond acceptors (Lipinski definition) is 5. The summed E-state index contributed by atoms with van der Waals surface area (Å²) in [4.78, 5) is 17.7. The highest BCUT2D eigenvalue weighted by Crippen LogP contribution is 2.34. The lowest BCUT2D eigenvalue weighted by atomic mass is 10.1. The summed E-state index contributed by atoms with van der Waals surface area (Å²) in [6.07, 6.45) is 3.41. The maximum atomic E-state index is 13.4. The fourth-order valence-electron chi connectivity index (χ4n) is 3.68. The number of para-hydroxylation sites is 3. The van der Waals surface area contributed by atoms with E-state index in [1.54, 1.807) is 36.0 Å². The van der Waals surface area contributed by atoms with E-state index in [1.807, 2.05) is 72.9 Å². The Bertz CT molecular complexity index is 1440. The summed E-state index contributed by atoms with van der Waals surface area (Å²) in [5.74, 6) is 0.805. The molecule has 0 atom stereocenters. The molecule has 8 nitrogen and oxygen atoms in total. The van der Waals surface area contributed by atoms with Gasteiger partial charge in [0.1, 0.15) is 6.33 Å². The van der Waals surface area contributed by atoms with Gasteiger partial charge in [-0.25, -0.2) is 14.3 Å². The molecular weight excluding hydrogens is 418 g/mol. The number of imidazole rings is 1. The third-order valence-corrected chi connectivity index (χ3v) is 5.32. The summed E-state index contributed by atoms with van der Waals surface area (Å²) in [5, 5.41) is 4.61. The molecule has 0 saturated heterocycles. The van der Waals surface area contributed by atoms with Crippen molar-refractivity contribution in [1.82, 2.24) is 19.4 Å². The lowest BCUT2D eigenvalue weighted by molar-refractivity contribution is 0.100. The van der Waals surface area contributed by atoms with E-state index in [4.69, 9.17) is 9.47 Å². The average Bonchev–Trinajstić information content (AvgIpc) is 3.49. The molecule has 8 heteroatoms. The van der Waals surface area contributed by atoms with Crippen LogP contribution in [0.15, 0.2) is 85.3 Å². The van der Waals surface area contributed by atoms with Crippen LogP contribution in [-0.4, -0.2) is 39.6 Å². The fourth-order valence-corrected chi connectivity index (χ4v) is 3.68. The molecule has 0 aliphatic carbocycles. The summed E-state index contributed by atoms with van der Waals surface area (Å²) in [6.45, 7) is 0. The van der Waals surface area contributed by atoms with Crippen molar-refractivity contribution >= 4 is 16.9 Å². The molecule has 1 amide bonds. The molecule has 0 aliphatic rings. The number of hydrogen-bond donors (Lipinski definition) is 1. The Labute approximate surface area is 190 Å². The standard InChI is InChI=1S/C25H21N5O3/c1-32-22-13-12-17(14-23(22)33-2)19-15-29(18-8-4-3-5-9-18)27-24(19)25(31)28-30-16-26-20-10-6-7-11-21(20)30/h3-16H,1-2H3,(H,28,31). The first-order chi connectivity index (χ1) is 16.2. The third-order valence-electron chi connectivity index (χ3n) is 5.32. The van der Waals surface area contributed by atoms with Crippen LogP contribution in [0.25, 0.3) is 27.8 Å². The van der Waals surface area contributed by atoms with Gasteiger partial charge in [0.25, 0.3) is 5.91 Å². The first kappa shape index (κ1) is 20.3. The van der Waals surface area contributed by atoms with Gasteiger partial charge in [0.2, 0.25) is 0 Å². The van der Waals surface area contributed by atoms with Crippen LogP contribution in [0, 0.1) is 0 Å². The van der Waals surface area contributed by atoms with Gasteiger partial charge in [-0.05, 0) is 42.0 Å². The number of rotatable bonds is 6. The number of methoxy groups -OCH3 is 2. The quantitative estimate of drug-likeness (QED) is 0.427. The fraction of sp³-hybridized carbons (Fsp3) is 0.0800. The van der Waals surface area contributed by atoms with E-state index in [-0.39, 0.29) is 11.6 Å². The molecule has 2 aromatic heterocycles. The Balaban J connectivity index is 1.59. The molecule has 0 bridgehead atoms. The number of aromatic nitrogens is 4. The van der Waals surface area contributed by atoms with E-state index in [2.05, 4.69) is 15.5 Å². The van der Waals surface area contributed by atoms with Gasteiger partial charge in [-0.2, -0.15) is 5.10 Å². The van der Waals surface area contributed by atoms with Gasteiger partial charge in [-0.15, -0.1) is 0 Å². The number of ether oxygens (including phenoxy) is 2. The Hall–Kier alpha value is -4.59. The Morgan fingerprint density at radius 2 is 1.67 bits per heavy atom. The van der Waals surface area contributed by atoms with Crippen LogP contribution < -0.4 is 14.9 Å². The topological polar surface area (TPSA) is 83.2 Å². The van der Waals surface area contributed by atoms with Crippen molar-refractivity contribution in [2.45, 2.75) is 0 Å². The lowest BCUT2D eigenvalue weighted by Crippen LogP contribution is -2.23. The predicted molar refractivity (Wildman–Crippen MR) is 126 cm³/mol. The molecular formula is C25H21N5O3. The van der Waals surface area contributed by atoms with E-state index >= 15 is 0 Å². The second-order valence-corrected chi connectivity index (χ2v) is 7.29. The molecule has 1 N–H and O–H groups in total. The second kappa shape index (κ2) is 8.51. The van der Waals surface area contributed by atoms with Crippen molar-refractivity contribution in [3.05, 3.63) is 91.0 Å². The molecule has 5 aromatic rings. The second-order valence-electron chi connectivity index (χ2n) is 7.29. The van der Waals surface area contributed by atoms with Gasteiger partial charge in [0.05, 0.1) is 30.9 Å². The van der Waals surface area contributed by atoms with Crippen molar-refractivity contribution in [2.24, 2.45) is 0 Å². The SMILES string of the molecule is COc1ccc(-c2cn(-c3ccccc3)nc2C(=O)Nn2cnc3ccccc32)cc1OC. The third kappa shape index (κ3) is 3.78. The van der Waals surface area contributed by atoms with E-state index in [0.717, 1.165) is 22.3 Å². The Morgan fingerprint density at radius 3 is 2.45 bits per heavy atom. The van der Waals surface area contributed by atoms with E-state index in [1.165, 1.54) is 0 Å². The molecule has 3 aromatic carbocycles. The zero-order valence-corrected chi connectivity index (χ0v) is 18.1. The molecule has 33 heavy (non-hydrogen) atoms. The Morgan fingerprint density at radius 1 is 0.909 bits per heavy atom. The molecule has 0 radical (unpaired) electrons. The number of nitrogens with one attached hydrogen (secondary N) is 1. The number of carbonyl (C=O) groups excluding carboxylic acids is 1. The number of amides is 1. The van der Waals surface area contributed by atoms with Crippen molar-refractivity contribution < 1.29 is 14.3 Å². The van der Waals surface area contributed by atoms with Crippen molar-refractivity contribution in [3.63, 3.8) is 0 Å². The minimum atomic E-state index is -0.363. The smallest absolute Gasteiger partial charge is 0.291 e. The van der Waals surface area contributed by atoms with E-state index < -0.39 is 0 Å². The Kier molecular flexibility index (Phi) is 5.24. The van der Waals surface area contributed by atoms with Gasteiger partial charge < -0.3 is 9.47 Å². The van der Waals surface area contributed by atoms with Gasteiger partial charge in [0, 0.05) is 11.8 Å². The number of nitrogens with zero attached hydrogens (tertiary/aromatic N) is 4. The number of fused-ring (bicyclic) bond motifs is 1. The van der Waals surface area contributed by atoms with Crippen LogP contribution >= 0.6 is 0 Å². The van der Waals surface area contributed by atoms with Crippen LogP contribution in [0.2, 0.25) is 0 Å².